The van der Waals surface area contributed by atoms with Gasteiger partial charge in [-0.15, -0.1) is 0 Å². The van der Waals surface area contributed by atoms with Gasteiger partial charge in [0.05, 0.1) is 7.11 Å². The summed E-state index contributed by atoms with van der Waals surface area (Å²) in [5, 5.41) is 6.12. The molecule has 2 N–H and O–H groups in total. The highest BCUT2D eigenvalue weighted by molar-refractivity contribution is 5.85. The molecule has 1 aliphatic rings. The Hall–Kier alpha value is -1.75. The van der Waals surface area contributed by atoms with Crippen LogP contribution in [-0.4, -0.2) is 44.3 Å². The van der Waals surface area contributed by atoms with Crippen molar-refractivity contribution in [3.05, 3.63) is 24.3 Å². The van der Waals surface area contributed by atoms with Crippen LogP contribution in [-0.2, 0) is 4.74 Å². The molecule has 1 atom stereocenters. The molecule has 5 nitrogen and oxygen atoms in total. The number of likely N-dealkylation sites (N-methyl/N-ethyl adjacent to an activating group) is 1. The predicted molar refractivity (Wildman–Crippen MR) is 72.0 cm³/mol. The number of benzene rings is 1. The number of likely N-dealkylation sites (tertiary alicyclic amines) is 1. The fourth-order valence-corrected chi connectivity index (χ4v) is 2.14. The van der Waals surface area contributed by atoms with Crippen LogP contribution in [0.3, 0.4) is 0 Å². The van der Waals surface area contributed by atoms with E-state index in [2.05, 4.69) is 27.3 Å². The van der Waals surface area contributed by atoms with Crippen molar-refractivity contribution in [3.63, 3.8) is 0 Å². The summed E-state index contributed by atoms with van der Waals surface area (Å²) in [6, 6.07) is 8.13. The molecule has 1 aromatic carbocycles. The van der Waals surface area contributed by atoms with E-state index in [-0.39, 0.29) is 0 Å². The van der Waals surface area contributed by atoms with E-state index in [1.807, 2.05) is 24.3 Å². The monoisotopic (exact) mass is 249 g/mol. The molecule has 0 spiro atoms. The van der Waals surface area contributed by atoms with Gasteiger partial charge in [0.1, 0.15) is 0 Å². The van der Waals surface area contributed by atoms with Crippen LogP contribution in [0, 0.1) is 0 Å². The molecule has 0 saturated carbocycles. The summed E-state index contributed by atoms with van der Waals surface area (Å²) < 4.78 is 4.56. The maximum atomic E-state index is 11.1. The zero-order valence-corrected chi connectivity index (χ0v) is 10.8. The Labute approximate surface area is 107 Å². The van der Waals surface area contributed by atoms with Crippen molar-refractivity contribution in [2.75, 3.05) is 37.9 Å². The summed E-state index contributed by atoms with van der Waals surface area (Å²) in [5.41, 5.74) is 1.75. The van der Waals surface area contributed by atoms with Gasteiger partial charge in [0, 0.05) is 24.0 Å². The Bertz CT molecular complexity index is 422. The standard InChI is InChI=1S/C13H19N3O2/c1-16-7-6-12(9-16)14-10-4-3-5-11(8-10)15-13(17)18-2/h3-5,8,12,14H,6-7,9H2,1-2H3,(H,15,17). The Kier molecular flexibility index (Phi) is 4.04. The third kappa shape index (κ3) is 3.37. The molecule has 1 heterocycles. The quantitative estimate of drug-likeness (QED) is 0.860. The lowest BCUT2D eigenvalue weighted by atomic mass is 10.2. The molecule has 5 heteroatoms. The molecule has 1 unspecified atom stereocenters. The Morgan fingerprint density at radius 3 is 2.89 bits per heavy atom. The minimum absolute atomic E-state index is 0.451. The van der Waals surface area contributed by atoms with E-state index in [4.69, 9.17) is 0 Å². The highest BCUT2D eigenvalue weighted by Crippen LogP contribution is 2.18. The van der Waals surface area contributed by atoms with E-state index in [9.17, 15) is 4.79 Å². The highest BCUT2D eigenvalue weighted by Gasteiger charge is 2.18. The summed E-state index contributed by atoms with van der Waals surface area (Å²) >= 11 is 0. The van der Waals surface area contributed by atoms with E-state index in [0.29, 0.717) is 6.04 Å². The summed E-state index contributed by atoms with van der Waals surface area (Å²) in [6.07, 6.45) is 0.693. The number of carbonyl (C=O) groups is 1. The second kappa shape index (κ2) is 5.73. The minimum atomic E-state index is -0.451. The largest absolute Gasteiger partial charge is 0.453 e. The second-order valence-electron chi connectivity index (χ2n) is 4.59. The van der Waals surface area contributed by atoms with E-state index in [1.165, 1.54) is 7.11 Å². The van der Waals surface area contributed by atoms with E-state index < -0.39 is 6.09 Å². The second-order valence-corrected chi connectivity index (χ2v) is 4.59. The van der Waals surface area contributed by atoms with Crippen LogP contribution < -0.4 is 10.6 Å². The van der Waals surface area contributed by atoms with Gasteiger partial charge in [-0.1, -0.05) is 6.07 Å². The number of ether oxygens (including phenoxy) is 1. The molecule has 18 heavy (non-hydrogen) atoms. The number of amides is 1. The average molecular weight is 249 g/mol. The number of nitrogens with zero attached hydrogens (tertiary/aromatic N) is 1. The van der Waals surface area contributed by atoms with Gasteiger partial charge in [0.25, 0.3) is 0 Å². The summed E-state index contributed by atoms with van der Waals surface area (Å²) in [7, 11) is 3.47. The number of nitrogens with one attached hydrogen (secondary N) is 2. The van der Waals surface area contributed by atoms with Crippen LogP contribution in [0.5, 0.6) is 0 Å². The van der Waals surface area contributed by atoms with Gasteiger partial charge in [-0.3, -0.25) is 5.32 Å². The van der Waals surface area contributed by atoms with E-state index >= 15 is 0 Å². The first-order chi connectivity index (χ1) is 8.67. The van der Waals surface area contributed by atoms with Crippen LogP contribution in [0.1, 0.15) is 6.42 Å². The summed E-state index contributed by atoms with van der Waals surface area (Å²) in [4.78, 5) is 13.4. The van der Waals surface area contributed by atoms with Crippen molar-refractivity contribution < 1.29 is 9.53 Å². The summed E-state index contributed by atoms with van der Waals surface area (Å²) in [5.74, 6) is 0. The van der Waals surface area contributed by atoms with Gasteiger partial charge in [0.2, 0.25) is 0 Å². The molecular weight excluding hydrogens is 230 g/mol. The van der Waals surface area contributed by atoms with Crippen molar-refractivity contribution in [1.82, 2.24) is 4.90 Å². The average Bonchev–Trinajstić information content (AvgIpc) is 2.75. The van der Waals surface area contributed by atoms with Crippen molar-refractivity contribution in [2.45, 2.75) is 12.5 Å². The lowest BCUT2D eigenvalue weighted by molar-refractivity contribution is 0.187. The zero-order valence-electron chi connectivity index (χ0n) is 10.8. The van der Waals surface area contributed by atoms with Crippen molar-refractivity contribution in [2.24, 2.45) is 0 Å². The fourth-order valence-electron chi connectivity index (χ4n) is 2.14. The van der Waals surface area contributed by atoms with Gasteiger partial charge in [-0.25, -0.2) is 4.79 Å². The number of hydrogen-bond donors (Lipinski definition) is 2. The van der Waals surface area contributed by atoms with Gasteiger partial charge in [-0.05, 0) is 38.2 Å². The molecular formula is C13H19N3O2. The first-order valence-electron chi connectivity index (χ1n) is 6.07. The normalized spacial score (nSPS) is 19.6. The van der Waals surface area contributed by atoms with Gasteiger partial charge < -0.3 is 15.0 Å². The molecule has 1 aliphatic heterocycles. The van der Waals surface area contributed by atoms with Crippen molar-refractivity contribution >= 4 is 17.5 Å². The number of methoxy groups -OCH3 is 1. The van der Waals surface area contributed by atoms with Crippen LogP contribution in [0.25, 0.3) is 0 Å². The SMILES string of the molecule is COC(=O)Nc1cccc(NC2CCN(C)C2)c1. The Morgan fingerprint density at radius 1 is 1.44 bits per heavy atom. The molecule has 2 rings (SSSR count). The van der Waals surface area contributed by atoms with Gasteiger partial charge in [0.15, 0.2) is 0 Å². The molecule has 0 aromatic heterocycles. The van der Waals surface area contributed by atoms with Gasteiger partial charge >= 0.3 is 6.09 Å². The maximum Gasteiger partial charge on any atom is 0.411 e. The third-order valence-corrected chi connectivity index (χ3v) is 3.06. The van der Waals surface area contributed by atoms with Crippen LogP contribution >= 0.6 is 0 Å². The topological polar surface area (TPSA) is 53.6 Å². The first kappa shape index (κ1) is 12.7. The Morgan fingerprint density at radius 2 is 2.22 bits per heavy atom. The van der Waals surface area contributed by atoms with Crippen molar-refractivity contribution in [1.29, 1.82) is 0 Å². The third-order valence-electron chi connectivity index (χ3n) is 3.06. The minimum Gasteiger partial charge on any atom is -0.453 e. The van der Waals surface area contributed by atoms with Crippen LogP contribution in [0.15, 0.2) is 24.3 Å². The van der Waals surface area contributed by atoms with Gasteiger partial charge in [-0.2, -0.15) is 0 Å². The molecule has 0 radical (unpaired) electrons. The molecule has 1 aromatic rings. The molecule has 1 fully saturated rings. The highest BCUT2D eigenvalue weighted by atomic mass is 16.5. The molecule has 1 saturated heterocycles. The molecule has 0 bridgehead atoms. The smallest absolute Gasteiger partial charge is 0.411 e. The first-order valence-corrected chi connectivity index (χ1v) is 6.07. The molecule has 1 amide bonds. The van der Waals surface area contributed by atoms with Crippen LogP contribution in [0.2, 0.25) is 0 Å². The maximum absolute atomic E-state index is 11.1. The lowest BCUT2D eigenvalue weighted by Crippen LogP contribution is -2.23. The number of carbonyl (C=O) groups excluding carboxylic acids is 1. The van der Waals surface area contributed by atoms with E-state index in [1.54, 1.807) is 0 Å². The van der Waals surface area contributed by atoms with Crippen LogP contribution in [0.4, 0.5) is 16.2 Å². The number of anilines is 2. The summed E-state index contributed by atoms with van der Waals surface area (Å²) in [6.45, 7) is 2.17. The van der Waals surface area contributed by atoms with Crippen molar-refractivity contribution in [3.8, 4) is 0 Å². The number of hydrogen-bond acceptors (Lipinski definition) is 4. The lowest BCUT2D eigenvalue weighted by Gasteiger charge is -2.15. The number of rotatable bonds is 3. The zero-order chi connectivity index (χ0) is 13.0. The molecule has 0 aliphatic carbocycles. The predicted octanol–water partition coefficient (Wildman–Crippen LogP) is 1.98. The van der Waals surface area contributed by atoms with E-state index in [0.717, 1.165) is 30.9 Å². The Balaban J connectivity index is 1.96. The fraction of sp³-hybridized carbons (Fsp3) is 0.462. The molecule has 98 valence electrons.